The molecule has 0 saturated heterocycles. The van der Waals surface area contributed by atoms with E-state index in [2.05, 4.69) is 37.8 Å². The van der Waals surface area contributed by atoms with E-state index in [1.54, 1.807) is 6.20 Å². The quantitative estimate of drug-likeness (QED) is 0.850. The predicted molar refractivity (Wildman–Crippen MR) is 75.1 cm³/mol. The van der Waals surface area contributed by atoms with Crippen LogP contribution in [0.5, 0.6) is 0 Å². The summed E-state index contributed by atoms with van der Waals surface area (Å²) in [5.41, 5.74) is 7.90. The van der Waals surface area contributed by atoms with Gasteiger partial charge in [-0.25, -0.2) is 9.97 Å². The van der Waals surface area contributed by atoms with Crippen molar-refractivity contribution in [2.45, 2.75) is 38.1 Å². The van der Waals surface area contributed by atoms with Crippen molar-refractivity contribution in [3.05, 3.63) is 22.6 Å². The number of hydrogen-bond acceptors (Lipinski definition) is 3. The average Bonchev–Trinajstić information content (AvgIpc) is 2.77. The number of hydrogen-bond donors (Lipinski definition) is 2. The first-order chi connectivity index (χ1) is 8.57. The van der Waals surface area contributed by atoms with E-state index in [1.807, 2.05) is 6.07 Å². The molecule has 2 heterocycles. The Kier molecular flexibility index (Phi) is 2.90. The van der Waals surface area contributed by atoms with Crippen LogP contribution < -0.4 is 5.73 Å². The second-order valence-corrected chi connectivity index (χ2v) is 6.36. The maximum Gasteiger partial charge on any atom is 0.177 e. The second kappa shape index (κ2) is 4.31. The van der Waals surface area contributed by atoms with Gasteiger partial charge in [0.15, 0.2) is 5.65 Å². The van der Waals surface area contributed by atoms with E-state index >= 15 is 0 Å². The molecule has 1 aliphatic carbocycles. The van der Waals surface area contributed by atoms with E-state index in [0.717, 1.165) is 40.2 Å². The molecule has 0 radical (unpaired) electrons. The van der Waals surface area contributed by atoms with Gasteiger partial charge in [0.25, 0.3) is 0 Å². The van der Waals surface area contributed by atoms with E-state index in [1.165, 1.54) is 12.8 Å². The highest BCUT2D eigenvalue weighted by Gasteiger charge is 2.34. The van der Waals surface area contributed by atoms with E-state index < -0.39 is 0 Å². The Morgan fingerprint density at radius 1 is 1.44 bits per heavy atom. The van der Waals surface area contributed by atoms with E-state index in [0.29, 0.717) is 0 Å². The highest BCUT2D eigenvalue weighted by molar-refractivity contribution is 9.10. The molecule has 0 amide bonds. The third-order valence-corrected chi connectivity index (χ3v) is 4.38. The largest absolute Gasteiger partial charge is 0.339 e. The van der Waals surface area contributed by atoms with Crippen molar-refractivity contribution in [1.29, 1.82) is 0 Å². The number of nitrogens with one attached hydrogen (secondary N) is 1. The van der Waals surface area contributed by atoms with Gasteiger partial charge in [-0.1, -0.05) is 6.92 Å². The van der Waals surface area contributed by atoms with Gasteiger partial charge < -0.3 is 10.7 Å². The first kappa shape index (κ1) is 12.1. The minimum absolute atomic E-state index is 0.306. The van der Waals surface area contributed by atoms with Crippen LogP contribution in [0.25, 0.3) is 11.2 Å². The SMILES string of the molecule is CC1CCC(N)(c2nc3ncc(Br)cc3[nH]2)CC1. The first-order valence-corrected chi connectivity index (χ1v) is 7.17. The molecule has 0 aromatic carbocycles. The third kappa shape index (κ3) is 2.06. The number of aromatic nitrogens is 3. The topological polar surface area (TPSA) is 67.6 Å². The van der Waals surface area contributed by atoms with Crippen LogP contribution in [0.2, 0.25) is 0 Å². The summed E-state index contributed by atoms with van der Waals surface area (Å²) in [7, 11) is 0. The van der Waals surface area contributed by atoms with Crippen LogP contribution >= 0.6 is 15.9 Å². The lowest BCUT2D eigenvalue weighted by Crippen LogP contribution is -2.41. The van der Waals surface area contributed by atoms with E-state index in [9.17, 15) is 0 Å². The molecule has 96 valence electrons. The van der Waals surface area contributed by atoms with Crippen molar-refractivity contribution in [2.24, 2.45) is 11.7 Å². The molecule has 0 aliphatic heterocycles. The van der Waals surface area contributed by atoms with Crippen LogP contribution in [0.1, 0.15) is 38.4 Å². The first-order valence-electron chi connectivity index (χ1n) is 6.37. The molecule has 2 aromatic rings. The zero-order chi connectivity index (χ0) is 12.8. The molecule has 0 spiro atoms. The second-order valence-electron chi connectivity index (χ2n) is 5.45. The Hall–Kier alpha value is -0.940. The van der Waals surface area contributed by atoms with Crippen LogP contribution in [0.15, 0.2) is 16.7 Å². The number of imidazole rings is 1. The van der Waals surface area contributed by atoms with Gasteiger partial charge in [-0.05, 0) is 53.6 Å². The number of nitrogens with two attached hydrogens (primary N) is 1. The molecule has 3 rings (SSSR count). The molecule has 4 nitrogen and oxygen atoms in total. The molecule has 2 aromatic heterocycles. The Labute approximate surface area is 115 Å². The molecule has 5 heteroatoms. The number of nitrogens with zero attached hydrogens (tertiary/aromatic N) is 2. The normalized spacial score (nSPS) is 28.7. The monoisotopic (exact) mass is 308 g/mol. The third-order valence-electron chi connectivity index (χ3n) is 3.94. The van der Waals surface area contributed by atoms with Gasteiger partial charge in [-0.2, -0.15) is 0 Å². The molecule has 1 saturated carbocycles. The summed E-state index contributed by atoms with van der Waals surface area (Å²) in [6.07, 6.45) is 6.10. The van der Waals surface area contributed by atoms with Crippen molar-refractivity contribution in [2.75, 3.05) is 0 Å². The van der Waals surface area contributed by atoms with Gasteiger partial charge in [0.05, 0.1) is 11.1 Å². The Bertz CT molecular complexity index is 569. The zero-order valence-electron chi connectivity index (χ0n) is 10.4. The van der Waals surface area contributed by atoms with E-state index in [4.69, 9.17) is 5.73 Å². The van der Waals surface area contributed by atoms with E-state index in [-0.39, 0.29) is 5.54 Å². The predicted octanol–water partition coefficient (Wildman–Crippen LogP) is 3.08. The van der Waals surface area contributed by atoms with Gasteiger partial charge in [0.2, 0.25) is 0 Å². The number of fused-ring (bicyclic) bond motifs is 1. The van der Waals surface area contributed by atoms with Crippen LogP contribution in [0.3, 0.4) is 0 Å². The Balaban J connectivity index is 1.98. The van der Waals surface area contributed by atoms with Gasteiger partial charge >= 0.3 is 0 Å². The molecule has 0 unspecified atom stereocenters. The lowest BCUT2D eigenvalue weighted by molar-refractivity contribution is 0.238. The van der Waals surface area contributed by atoms with Gasteiger partial charge in [-0.15, -0.1) is 0 Å². The standard InChI is InChI=1S/C13H17BrN4/c1-8-2-4-13(15,5-3-8)12-17-10-6-9(14)7-16-11(10)18-12/h6-8H,2-5,15H2,1H3,(H,16,17,18). The van der Waals surface area contributed by atoms with Crippen molar-refractivity contribution in [3.63, 3.8) is 0 Å². The molecule has 18 heavy (non-hydrogen) atoms. The highest BCUT2D eigenvalue weighted by atomic mass is 79.9. The van der Waals surface area contributed by atoms with Crippen LogP contribution in [0.4, 0.5) is 0 Å². The molecular formula is C13H17BrN4. The fraction of sp³-hybridized carbons (Fsp3) is 0.538. The summed E-state index contributed by atoms with van der Waals surface area (Å²) in [5, 5.41) is 0. The minimum atomic E-state index is -0.306. The fourth-order valence-electron chi connectivity index (χ4n) is 2.62. The summed E-state index contributed by atoms with van der Waals surface area (Å²) in [6.45, 7) is 2.29. The molecule has 0 atom stereocenters. The smallest absolute Gasteiger partial charge is 0.177 e. The summed E-state index contributed by atoms with van der Waals surface area (Å²) < 4.78 is 0.952. The Morgan fingerprint density at radius 2 is 2.17 bits per heavy atom. The lowest BCUT2D eigenvalue weighted by Gasteiger charge is -2.34. The number of pyridine rings is 1. The maximum absolute atomic E-state index is 6.51. The number of aromatic amines is 1. The van der Waals surface area contributed by atoms with Gasteiger partial charge in [-0.3, -0.25) is 0 Å². The fourth-order valence-corrected chi connectivity index (χ4v) is 2.96. The zero-order valence-corrected chi connectivity index (χ0v) is 12.0. The highest BCUT2D eigenvalue weighted by Crippen LogP contribution is 2.36. The van der Waals surface area contributed by atoms with Crippen LogP contribution in [-0.2, 0) is 5.54 Å². The van der Waals surface area contributed by atoms with Crippen molar-refractivity contribution >= 4 is 27.1 Å². The van der Waals surface area contributed by atoms with Gasteiger partial charge in [0.1, 0.15) is 5.82 Å². The van der Waals surface area contributed by atoms with Crippen LogP contribution in [-0.4, -0.2) is 15.0 Å². The molecule has 1 fully saturated rings. The number of rotatable bonds is 1. The Morgan fingerprint density at radius 3 is 2.89 bits per heavy atom. The van der Waals surface area contributed by atoms with Crippen molar-refractivity contribution in [1.82, 2.24) is 15.0 Å². The molecular weight excluding hydrogens is 292 g/mol. The maximum atomic E-state index is 6.51. The van der Waals surface area contributed by atoms with Gasteiger partial charge in [0, 0.05) is 10.7 Å². The van der Waals surface area contributed by atoms with Crippen molar-refractivity contribution < 1.29 is 0 Å². The minimum Gasteiger partial charge on any atom is -0.339 e. The lowest BCUT2D eigenvalue weighted by atomic mass is 9.77. The summed E-state index contributed by atoms with van der Waals surface area (Å²) in [4.78, 5) is 12.2. The average molecular weight is 309 g/mol. The summed E-state index contributed by atoms with van der Waals surface area (Å²) >= 11 is 3.42. The number of halogens is 1. The molecule has 1 aliphatic rings. The van der Waals surface area contributed by atoms with Crippen LogP contribution in [0, 0.1) is 5.92 Å². The molecule has 0 bridgehead atoms. The summed E-state index contributed by atoms with van der Waals surface area (Å²) in [5.74, 6) is 1.66. The summed E-state index contributed by atoms with van der Waals surface area (Å²) in [6, 6.07) is 1.99. The molecule has 3 N–H and O–H groups in total. The number of H-pyrrole nitrogens is 1. The van der Waals surface area contributed by atoms with Crippen molar-refractivity contribution in [3.8, 4) is 0 Å².